The van der Waals surface area contributed by atoms with Gasteiger partial charge in [-0.25, -0.2) is 4.98 Å². The first kappa shape index (κ1) is 15.5. The van der Waals surface area contributed by atoms with Crippen LogP contribution in [0.1, 0.15) is 5.69 Å². The van der Waals surface area contributed by atoms with E-state index in [1.54, 1.807) is 0 Å². The van der Waals surface area contributed by atoms with Crippen molar-refractivity contribution in [3.05, 3.63) is 41.0 Å². The molecule has 0 aliphatic rings. The lowest BCUT2D eigenvalue weighted by Crippen LogP contribution is -2.21. The number of rotatable bonds is 6. The number of likely N-dealkylation sites (N-methyl/N-ethyl adjacent to an activating group) is 1. The van der Waals surface area contributed by atoms with Crippen LogP contribution >= 0.6 is 11.6 Å². The molecule has 1 heterocycles. The van der Waals surface area contributed by atoms with Crippen LogP contribution in [0.4, 0.5) is 17.5 Å². The van der Waals surface area contributed by atoms with Gasteiger partial charge in [-0.3, -0.25) is 0 Å². The van der Waals surface area contributed by atoms with Crippen molar-refractivity contribution < 1.29 is 0 Å². The van der Waals surface area contributed by atoms with Gasteiger partial charge >= 0.3 is 0 Å². The van der Waals surface area contributed by atoms with E-state index in [1.165, 1.54) is 0 Å². The van der Waals surface area contributed by atoms with E-state index in [9.17, 15) is 0 Å². The zero-order chi connectivity index (χ0) is 15.2. The van der Waals surface area contributed by atoms with E-state index in [4.69, 9.17) is 11.6 Å². The SMILES string of the molecule is Cc1cc(NCCN(C)C)nc(Nc2ccc(Cl)cc2)n1. The van der Waals surface area contributed by atoms with Crippen molar-refractivity contribution in [2.24, 2.45) is 0 Å². The molecule has 112 valence electrons. The molecule has 0 aliphatic heterocycles. The number of hydrogen-bond acceptors (Lipinski definition) is 5. The van der Waals surface area contributed by atoms with Crippen molar-refractivity contribution in [3.63, 3.8) is 0 Å². The Morgan fingerprint density at radius 2 is 1.86 bits per heavy atom. The average molecular weight is 306 g/mol. The smallest absolute Gasteiger partial charge is 0.229 e. The summed E-state index contributed by atoms with van der Waals surface area (Å²) in [5.41, 5.74) is 1.82. The number of nitrogens with zero attached hydrogens (tertiary/aromatic N) is 3. The van der Waals surface area contributed by atoms with Gasteiger partial charge in [-0.05, 0) is 45.3 Å². The van der Waals surface area contributed by atoms with Gasteiger partial charge in [0.15, 0.2) is 0 Å². The van der Waals surface area contributed by atoms with Crippen LogP contribution in [0.2, 0.25) is 5.02 Å². The number of aromatic nitrogens is 2. The standard InChI is InChI=1S/C15H20ClN5/c1-11-10-14(17-8-9-21(2)3)20-15(18-11)19-13-6-4-12(16)5-7-13/h4-7,10H,8-9H2,1-3H3,(H2,17,18,19,20). The normalized spacial score (nSPS) is 10.7. The van der Waals surface area contributed by atoms with Crippen LogP contribution in [-0.4, -0.2) is 42.1 Å². The summed E-state index contributed by atoms with van der Waals surface area (Å²) in [6.45, 7) is 3.73. The lowest BCUT2D eigenvalue weighted by Gasteiger charge is -2.12. The third kappa shape index (κ3) is 5.21. The van der Waals surface area contributed by atoms with Gasteiger partial charge in [0.2, 0.25) is 5.95 Å². The summed E-state index contributed by atoms with van der Waals surface area (Å²) in [6, 6.07) is 9.38. The molecule has 1 aromatic heterocycles. The van der Waals surface area contributed by atoms with Crippen molar-refractivity contribution in [1.29, 1.82) is 0 Å². The summed E-state index contributed by atoms with van der Waals surface area (Å²) in [5.74, 6) is 1.39. The Bertz CT molecular complexity index is 583. The van der Waals surface area contributed by atoms with E-state index >= 15 is 0 Å². The fraction of sp³-hybridized carbons (Fsp3) is 0.333. The Kier molecular flexibility index (Phi) is 5.36. The third-order valence-electron chi connectivity index (χ3n) is 2.82. The highest BCUT2D eigenvalue weighted by atomic mass is 35.5. The van der Waals surface area contributed by atoms with Gasteiger partial charge < -0.3 is 15.5 Å². The van der Waals surface area contributed by atoms with Crippen molar-refractivity contribution in [2.45, 2.75) is 6.92 Å². The zero-order valence-electron chi connectivity index (χ0n) is 12.5. The summed E-state index contributed by atoms with van der Waals surface area (Å²) >= 11 is 5.87. The molecule has 2 rings (SSSR count). The molecule has 0 saturated heterocycles. The maximum Gasteiger partial charge on any atom is 0.229 e. The molecular weight excluding hydrogens is 286 g/mol. The Morgan fingerprint density at radius 1 is 1.14 bits per heavy atom. The lowest BCUT2D eigenvalue weighted by molar-refractivity contribution is 0.425. The van der Waals surface area contributed by atoms with Gasteiger partial charge in [0.1, 0.15) is 5.82 Å². The molecule has 5 nitrogen and oxygen atoms in total. The number of halogens is 1. The largest absolute Gasteiger partial charge is 0.369 e. The summed E-state index contributed by atoms with van der Waals surface area (Å²) in [5, 5.41) is 7.18. The second kappa shape index (κ2) is 7.24. The van der Waals surface area contributed by atoms with Crippen LogP contribution in [-0.2, 0) is 0 Å². The molecule has 0 radical (unpaired) electrons. The highest BCUT2D eigenvalue weighted by molar-refractivity contribution is 6.30. The highest BCUT2D eigenvalue weighted by Gasteiger charge is 2.03. The van der Waals surface area contributed by atoms with Gasteiger partial charge in [-0.15, -0.1) is 0 Å². The van der Waals surface area contributed by atoms with E-state index in [-0.39, 0.29) is 0 Å². The van der Waals surface area contributed by atoms with Gasteiger partial charge in [-0.2, -0.15) is 4.98 Å². The first-order chi connectivity index (χ1) is 10.0. The maximum atomic E-state index is 5.87. The molecule has 21 heavy (non-hydrogen) atoms. The minimum atomic E-state index is 0.574. The van der Waals surface area contributed by atoms with Crippen molar-refractivity contribution in [1.82, 2.24) is 14.9 Å². The van der Waals surface area contributed by atoms with E-state index in [2.05, 4.69) is 25.5 Å². The van der Waals surface area contributed by atoms with Crippen molar-refractivity contribution in [3.8, 4) is 0 Å². The molecule has 1 aromatic carbocycles. The summed E-state index contributed by atoms with van der Waals surface area (Å²) in [6.07, 6.45) is 0. The number of aryl methyl sites for hydroxylation is 1. The number of hydrogen-bond donors (Lipinski definition) is 2. The Morgan fingerprint density at radius 3 is 2.52 bits per heavy atom. The molecule has 0 saturated carbocycles. The molecule has 2 N–H and O–H groups in total. The Labute approximate surface area is 130 Å². The molecule has 0 spiro atoms. The van der Waals surface area contributed by atoms with Crippen LogP contribution in [0.15, 0.2) is 30.3 Å². The molecule has 2 aromatic rings. The maximum absolute atomic E-state index is 5.87. The highest BCUT2D eigenvalue weighted by Crippen LogP contribution is 2.18. The van der Waals surface area contributed by atoms with Gasteiger partial charge in [-0.1, -0.05) is 11.6 Å². The molecule has 0 bridgehead atoms. The summed E-state index contributed by atoms with van der Waals surface area (Å²) < 4.78 is 0. The van der Waals surface area contributed by atoms with Crippen LogP contribution < -0.4 is 10.6 Å². The van der Waals surface area contributed by atoms with Gasteiger partial charge in [0.05, 0.1) is 0 Å². The van der Waals surface area contributed by atoms with Crippen LogP contribution in [0, 0.1) is 6.92 Å². The van der Waals surface area contributed by atoms with Crippen LogP contribution in [0.25, 0.3) is 0 Å². The fourth-order valence-corrected chi connectivity index (χ4v) is 1.91. The molecule has 0 unspecified atom stereocenters. The van der Waals surface area contributed by atoms with Crippen LogP contribution in [0.5, 0.6) is 0 Å². The quantitative estimate of drug-likeness (QED) is 0.858. The molecule has 6 heteroatoms. The van der Waals surface area contributed by atoms with Crippen LogP contribution in [0.3, 0.4) is 0 Å². The minimum absolute atomic E-state index is 0.574. The van der Waals surface area contributed by atoms with Gasteiger partial charge in [0, 0.05) is 35.6 Å². The van der Waals surface area contributed by atoms with E-state index in [0.717, 1.165) is 30.3 Å². The molecule has 0 atom stereocenters. The monoisotopic (exact) mass is 305 g/mol. The summed E-state index contributed by atoms with van der Waals surface area (Å²) in [7, 11) is 4.08. The molecule has 0 fully saturated rings. The van der Waals surface area contributed by atoms with Crippen molar-refractivity contribution in [2.75, 3.05) is 37.8 Å². The topological polar surface area (TPSA) is 53.1 Å². The minimum Gasteiger partial charge on any atom is -0.369 e. The number of benzene rings is 1. The molecular formula is C15H20ClN5. The average Bonchev–Trinajstić information content (AvgIpc) is 2.40. The first-order valence-corrected chi connectivity index (χ1v) is 7.17. The fourth-order valence-electron chi connectivity index (χ4n) is 1.78. The number of nitrogens with one attached hydrogen (secondary N) is 2. The molecule has 0 aliphatic carbocycles. The number of anilines is 3. The lowest BCUT2D eigenvalue weighted by atomic mass is 10.3. The molecule has 0 amide bonds. The summed E-state index contributed by atoms with van der Waals surface area (Å²) in [4.78, 5) is 11.0. The Hall–Kier alpha value is -1.85. The van der Waals surface area contributed by atoms with Gasteiger partial charge in [0.25, 0.3) is 0 Å². The van der Waals surface area contributed by atoms with Crippen molar-refractivity contribution >= 4 is 29.1 Å². The zero-order valence-corrected chi connectivity index (χ0v) is 13.3. The van der Waals surface area contributed by atoms with E-state index in [1.807, 2.05) is 51.4 Å². The van der Waals surface area contributed by atoms with E-state index < -0.39 is 0 Å². The first-order valence-electron chi connectivity index (χ1n) is 6.80. The predicted octanol–water partition coefficient (Wildman–Crippen LogP) is 3.16. The second-order valence-electron chi connectivity index (χ2n) is 5.08. The second-order valence-corrected chi connectivity index (χ2v) is 5.52. The Balaban J connectivity index is 2.05. The third-order valence-corrected chi connectivity index (χ3v) is 3.07. The van der Waals surface area contributed by atoms with E-state index in [0.29, 0.717) is 11.0 Å². The predicted molar refractivity (Wildman–Crippen MR) is 88.5 cm³/mol.